The first-order valence-corrected chi connectivity index (χ1v) is 8.92. The van der Waals surface area contributed by atoms with E-state index in [1.54, 1.807) is 14.2 Å². The van der Waals surface area contributed by atoms with E-state index in [4.69, 9.17) is 9.47 Å². The van der Waals surface area contributed by atoms with Crippen molar-refractivity contribution in [2.45, 2.75) is 44.9 Å². The largest absolute Gasteiger partial charge is 0.484 e. The van der Waals surface area contributed by atoms with Crippen LogP contribution in [0.1, 0.15) is 32.3 Å². The number of ether oxygens (including phenoxy) is 2. The minimum Gasteiger partial charge on any atom is -0.484 e. The number of hydrogen-bond acceptors (Lipinski definition) is 4. The highest BCUT2D eigenvalue weighted by Crippen LogP contribution is 2.18. The van der Waals surface area contributed by atoms with Crippen molar-refractivity contribution < 1.29 is 14.3 Å². The number of aliphatic imine (C=N–C) groups is 1. The van der Waals surface area contributed by atoms with E-state index < -0.39 is 0 Å². The molecule has 0 aromatic heterocycles. The summed E-state index contributed by atoms with van der Waals surface area (Å²) >= 11 is 0. The van der Waals surface area contributed by atoms with E-state index in [0.29, 0.717) is 30.8 Å². The normalized spacial score (nSPS) is 14.1. The maximum atomic E-state index is 11.7. The van der Waals surface area contributed by atoms with Crippen LogP contribution in [0.3, 0.4) is 0 Å². The van der Waals surface area contributed by atoms with Gasteiger partial charge in [-0.05, 0) is 44.4 Å². The quantitative estimate of drug-likeness (QED) is 0.281. The van der Waals surface area contributed by atoms with Gasteiger partial charge in [-0.15, -0.1) is 24.0 Å². The Morgan fingerprint density at radius 2 is 2.04 bits per heavy atom. The van der Waals surface area contributed by atoms with Gasteiger partial charge in [-0.25, -0.2) is 0 Å². The molecule has 0 radical (unpaired) electrons. The molecule has 0 saturated heterocycles. The van der Waals surface area contributed by atoms with Crippen LogP contribution in [0.2, 0.25) is 0 Å². The smallest absolute Gasteiger partial charge is 0.258 e. The Hall–Kier alpha value is -1.55. The van der Waals surface area contributed by atoms with Gasteiger partial charge >= 0.3 is 0 Å². The fourth-order valence-corrected chi connectivity index (χ4v) is 2.17. The van der Waals surface area contributed by atoms with Crippen LogP contribution in [0.5, 0.6) is 5.75 Å². The second-order valence-electron chi connectivity index (χ2n) is 7.02. The highest BCUT2D eigenvalue weighted by Gasteiger charge is 2.23. The lowest BCUT2D eigenvalue weighted by Gasteiger charge is -2.24. The maximum Gasteiger partial charge on any atom is 0.258 e. The fourth-order valence-electron chi connectivity index (χ4n) is 2.17. The summed E-state index contributed by atoms with van der Waals surface area (Å²) in [6, 6.07) is 8.03. The minimum absolute atomic E-state index is 0. The Balaban J connectivity index is 0.00000364. The van der Waals surface area contributed by atoms with Gasteiger partial charge in [0.2, 0.25) is 0 Å². The molecule has 1 fully saturated rings. The van der Waals surface area contributed by atoms with Gasteiger partial charge in [0.05, 0.1) is 5.60 Å². The van der Waals surface area contributed by atoms with Crippen LogP contribution in [0.4, 0.5) is 0 Å². The average Bonchev–Trinajstić information content (AvgIpc) is 3.44. The lowest BCUT2D eigenvalue weighted by molar-refractivity contribution is -0.123. The molecule has 3 N–H and O–H groups in total. The number of benzene rings is 1. The first-order chi connectivity index (χ1) is 12.4. The number of hydrogen-bond donors (Lipinski definition) is 3. The zero-order valence-electron chi connectivity index (χ0n) is 16.5. The van der Waals surface area contributed by atoms with Crippen LogP contribution in [0.15, 0.2) is 29.3 Å². The van der Waals surface area contributed by atoms with Gasteiger partial charge in [0.15, 0.2) is 12.6 Å². The summed E-state index contributed by atoms with van der Waals surface area (Å²) in [5.74, 6) is 1.31. The van der Waals surface area contributed by atoms with Gasteiger partial charge in [-0.3, -0.25) is 9.79 Å². The van der Waals surface area contributed by atoms with Gasteiger partial charge in [0.25, 0.3) is 5.91 Å². The Bertz CT molecular complexity index is 633. The van der Waals surface area contributed by atoms with Crippen molar-refractivity contribution in [3.63, 3.8) is 0 Å². The number of rotatable bonds is 9. The summed E-state index contributed by atoms with van der Waals surface area (Å²) in [4.78, 5) is 15.9. The SMILES string of the molecule is CN=C(NCc1cccc(OCC(=O)NC2CC2)c1)NCC(C)(C)OC.I. The molecule has 1 aliphatic carbocycles. The molecular formula is C19H31IN4O3. The number of methoxy groups -OCH3 is 1. The van der Waals surface area contributed by atoms with Crippen LogP contribution in [0, 0.1) is 0 Å². The highest BCUT2D eigenvalue weighted by molar-refractivity contribution is 14.0. The van der Waals surface area contributed by atoms with Crippen molar-refractivity contribution in [1.82, 2.24) is 16.0 Å². The maximum absolute atomic E-state index is 11.7. The molecule has 1 amide bonds. The zero-order chi connectivity index (χ0) is 19.0. The molecule has 0 unspecified atom stereocenters. The number of guanidine groups is 1. The van der Waals surface area contributed by atoms with Crippen LogP contribution in [-0.4, -0.2) is 50.8 Å². The van der Waals surface area contributed by atoms with Crippen molar-refractivity contribution in [3.8, 4) is 5.75 Å². The molecule has 1 saturated carbocycles. The van der Waals surface area contributed by atoms with Crippen LogP contribution in [0.25, 0.3) is 0 Å². The third kappa shape index (κ3) is 9.28. The number of nitrogens with one attached hydrogen (secondary N) is 3. The second-order valence-corrected chi connectivity index (χ2v) is 7.02. The molecule has 0 heterocycles. The molecule has 0 bridgehead atoms. The molecule has 1 aromatic rings. The number of halogens is 1. The molecule has 0 aliphatic heterocycles. The van der Waals surface area contributed by atoms with Crippen LogP contribution >= 0.6 is 24.0 Å². The molecule has 8 heteroatoms. The van der Waals surface area contributed by atoms with Crippen LogP contribution in [-0.2, 0) is 16.1 Å². The van der Waals surface area contributed by atoms with Crippen molar-refractivity contribution in [2.24, 2.45) is 4.99 Å². The Morgan fingerprint density at radius 3 is 2.67 bits per heavy atom. The summed E-state index contributed by atoms with van der Waals surface area (Å²) in [5.41, 5.74) is 0.769. The average molecular weight is 490 g/mol. The van der Waals surface area contributed by atoms with E-state index in [-0.39, 0.29) is 42.1 Å². The highest BCUT2D eigenvalue weighted by atomic mass is 127. The molecule has 0 spiro atoms. The van der Waals surface area contributed by atoms with Crippen LogP contribution < -0.4 is 20.7 Å². The molecule has 1 aliphatic rings. The summed E-state index contributed by atoms with van der Waals surface area (Å²) in [7, 11) is 3.42. The topological polar surface area (TPSA) is 84.0 Å². The van der Waals surface area contributed by atoms with Crippen molar-refractivity contribution in [2.75, 3.05) is 27.3 Å². The number of nitrogens with zero attached hydrogens (tertiary/aromatic N) is 1. The third-order valence-corrected chi connectivity index (χ3v) is 4.13. The number of amides is 1. The van der Waals surface area contributed by atoms with E-state index in [1.165, 1.54) is 0 Å². The molecule has 1 aromatic carbocycles. The van der Waals surface area contributed by atoms with Gasteiger partial charge in [0, 0.05) is 33.3 Å². The van der Waals surface area contributed by atoms with E-state index in [2.05, 4.69) is 20.9 Å². The minimum atomic E-state index is -0.271. The Labute approximate surface area is 178 Å². The molecule has 27 heavy (non-hydrogen) atoms. The van der Waals surface area contributed by atoms with Crippen molar-refractivity contribution in [1.29, 1.82) is 0 Å². The van der Waals surface area contributed by atoms with Gasteiger partial charge in [-0.2, -0.15) is 0 Å². The predicted octanol–water partition coefficient (Wildman–Crippen LogP) is 2.05. The summed E-state index contributed by atoms with van der Waals surface area (Å²) in [5, 5.41) is 9.40. The number of carbonyl (C=O) groups excluding carboxylic acids is 1. The summed E-state index contributed by atoms with van der Waals surface area (Å²) in [6.07, 6.45) is 2.15. The summed E-state index contributed by atoms with van der Waals surface area (Å²) in [6.45, 7) is 5.30. The third-order valence-electron chi connectivity index (χ3n) is 4.13. The lowest BCUT2D eigenvalue weighted by Crippen LogP contribution is -2.45. The van der Waals surface area contributed by atoms with Gasteiger partial charge in [-0.1, -0.05) is 12.1 Å². The predicted molar refractivity (Wildman–Crippen MR) is 118 cm³/mol. The standard InChI is InChI=1S/C19H30N4O3.HI/c1-19(2,25-4)13-22-18(20-3)21-11-14-6-5-7-16(10-14)26-12-17(24)23-15-8-9-15;/h5-7,10,15H,8-9,11-13H2,1-4H3,(H,23,24)(H2,20,21,22);1H. The van der Waals surface area contributed by atoms with Crippen molar-refractivity contribution in [3.05, 3.63) is 29.8 Å². The first kappa shape index (κ1) is 23.5. The lowest BCUT2D eigenvalue weighted by atomic mass is 10.1. The molecule has 2 rings (SSSR count). The second kappa shape index (κ2) is 11.3. The molecule has 152 valence electrons. The van der Waals surface area contributed by atoms with E-state index in [0.717, 1.165) is 18.4 Å². The summed E-state index contributed by atoms with van der Waals surface area (Å²) < 4.78 is 11.0. The fraction of sp³-hybridized carbons (Fsp3) is 0.579. The Morgan fingerprint density at radius 1 is 1.30 bits per heavy atom. The monoisotopic (exact) mass is 490 g/mol. The van der Waals surface area contributed by atoms with Crippen molar-refractivity contribution >= 4 is 35.8 Å². The molecule has 0 atom stereocenters. The van der Waals surface area contributed by atoms with Gasteiger partial charge < -0.3 is 25.4 Å². The zero-order valence-corrected chi connectivity index (χ0v) is 18.8. The molecular weight excluding hydrogens is 459 g/mol. The van der Waals surface area contributed by atoms with E-state index in [9.17, 15) is 4.79 Å². The van der Waals surface area contributed by atoms with E-state index in [1.807, 2.05) is 38.1 Å². The Kier molecular flexibility index (Phi) is 9.86. The van der Waals surface area contributed by atoms with Gasteiger partial charge in [0.1, 0.15) is 5.75 Å². The molecule has 7 nitrogen and oxygen atoms in total. The van der Waals surface area contributed by atoms with E-state index >= 15 is 0 Å². The first-order valence-electron chi connectivity index (χ1n) is 8.92. The number of carbonyl (C=O) groups is 1.